The van der Waals surface area contributed by atoms with Crippen LogP contribution in [0.15, 0.2) is 49.6 Å². The Bertz CT molecular complexity index is 1120. The van der Waals surface area contributed by atoms with Crippen molar-refractivity contribution >= 4 is 23.5 Å². The Hall–Kier alpha value is -3.17. The zero-order chi connectivity index (χ0) is 28.5. The molecule has 0 saturated carbocycles. The van der Waals surface area contributed by atoms with Gasteiger partial charge in [0.2, 0.25) is 5.91 Å². The van der Waals surface area contributed by atoms with Gasteiger partial charge in [-0.2, -0.15) is 0 Å². The molecular weight excluding hydrogens is 500 g/mol. The summed E-state index contributed by atoms with van der Waals surface area (Å²) in [6, 6.07) is 5.41. The molecule has 9 nitrogen and oxygen atoms in total. The highest BCUT2D eigenvalue weighted by atomic mass is 16.6. The molecule has 0 radical (unpaired) electrons. The largest absolute Gasteiger partial charge is 0.497 e. The van der Waals surface area contributed by atoms with Gasteiger partial charge in [-0.1, -0.05) is 39.0 Å². The standard InChI is InChI=1S/C30H40N2O7/c1-7-16-31(20-10-12-21(37-6)13-11-20)27(35)25-30-15-14-29(5,39-30)24(28(36)38-17-8-2)23(30)26(34)32(25)22(18-33)19(4)9-3/h7-8,10-13,19,22-25,33H,1-2,9,14-18H2,3-6H3/t19-,22-,23-,24+,25?,29-,30?/m0/s1. The van der Waals surface area contributed by atoms with Gasteiger partial charge in [-0.15, -0.1) is 6.58 Å². The summed E-state index contributed by atoms with van der Waals surface area (Å²) in [6.45, 7) is 13.1. The van der Waals surface area contributed by atoms with Crippen LogP contribution in [-0.2, 0) is 23.9 Å². The zero-order valence-electron chi connectivity index (χ0n) is 23.3. The van der Waals surface area contributed by atoms with Crippen molar-refractivity contribution in [2.75, 3.05) is 31.8 Å². The molecule has 1 spiro atoms. The van der Waals surface area contributed by atoms with E-state index in [0.29, 0.717) is 30.7 Å². The number of hydrogen-bond donors (Lipinski definition) is 1. The first-order chi connectivity index (χ1) is 18.6. The number of likely N-dealkylation sites (tertiary alicyclic amines) is 1. The van der Waals surface area contributed by atoms with Crippen molar-refractivity contribution in [3.8, 4) is 5.75 Å². The molecule has 39 heavy (non-hydrogen) atoms. The predicted octanol–water partition coefficient (Wildman–Crippen LogP) is 3.12. The van der Waals surface area contributed by atoms with Gasteiger partial charge in [-0.25, -0.2) is 0 Å². The van der Waals surface area contributed by atoms with Gasteiger partial charge in [0, 0.05) is 12.2 Å². The minimum atomic E-state index is -1.23. The Kier molecular flexibility index (Phi) is 8.23. The molecule has 3 aliphatic rings. The third-order valence-corrected chi connectivity index (χ3v) is 8.85. The van der Waals surface area contributed by atoms with Crippen LogP contribution in [-0.4, -0.2) is 77.9 Å². The lowest BCUT2D eigenvalue weighted by atomic mass is 9.66. The number of carbonyl (C=O) groups excluding carboxylic acids is 3. The van der Waals surface area contributed by atoms with E-state index < -0.39 is 41.1 Å². The van der Waals surface area contributed by atoms with Crippen LogP contribution in [0.5, 0.6) is 5.75 Å². The maximum atomic E-state index is 14.6. The van der Waals surface area contributed by atoms with Crippen molar-refractivity contribution in [3.05, 3.63) is 49.6 Å². The average molecular weight is 541 g/mol. The van der Waals surface area contributed by atoms with E-state index in [2.05, 4.69) is 13.2 Å². The lowest BCUT2D eigenvalue weighted by molar-refractivity contribution is -0.160. The van der Waals surface area contributed by atoms with Crippen molar-refractivity contribution in [2.45, 2.75) is 63.3 Å². The minimum absolute atomic E-state index is 0.0160. The van der Waals surface area contributed by atoms with Crippen LogP contribution in [0.3, 0.4) is 0 Å². The number of rotatable bonds is 12. The third-order valence-electron chi connectivity index (χ3n) is 8.85. The summed E-state index contributed by atoms with van der Waals surface area (Å²) >= 11 is 0. The molecule has 0 aliphatic carbocycles. The fraction of sp³-hybridized carbons (Fsp3) is 0.567. The number of hydrogen-bond acceptors (Lipinski definition) is 7. The topological polar surface area (TPSA) is 106 Å². The Morgan fingerprint density at radius 2 is 1.95 bits per heavy atom. The van der Waals surface area contributed by atoms with Gasteiger partial charge in [0.25, 0.3) is 5.91 Å². The molecule has 1 aromatic carbocycles. The lowest BCUT2D eigenvalue weighted by Gasteiger charge is -2.41. The second kappa shape index (κ2) is 11.1. The molecule has 2 unspecified atom stereocenters. The van der Waals surface area contributed by atoms with E-state index in [-0.39, 0.29) is 37.5 Å². The van der Waals surface area contributed by atoms with Crippen molar-refractivity contribution in [3.63, 3.8) is 0 Å². The quantitative estimate of drug-likeness (QED) is 0.321. The maximum absolute atomic E-state index is 14.6. The van der Waals surface area contributed by atoms with Gasteiger partial charge in [0.1, 0.15) is 29.9 Å². The van der Waals surface area contributed by atoms with Crippen LogP contribution in [0, 0.1) is 17.8 Å². The van der Waals surface area contributed by atoms with Crippen LogP contribution in [0.2, 0.25) is 0 Å². The highest BCUT2D eigenvalue weighted by molar-refractivity contribution is 6.05. The van der Waals surface area contributed by atoms with Gasteiger partial charge in [0.05, 0.1) is 31.3 Å². The number of aliphatic hydroxyl groups is 1. The molecule has 212 valence electrons. The molecule has 3 aliphatic heterocycles. The van der Waals surface area contributed by atoms with Crippen molar-refractivity contribution in [2.24, 2.45) is 17.8 Å². The van der Waals surface area contributed by atoms with Crippen LogP contribution in [0.25, 0.3) is 0 Å². The molecule has 2 amide bonds. The first-order valence-corrected chi connectivity index (χ1v) is 13.6. The van der Waals surface area contributed by atoms with Gasteiger partial charge in [-0.3, -0.25) is 14.4 Å². The number of methoxy groups -OCH3 is 1. The van der Waals surface area contributed by atoms with Crippen LogP contribution in [0.1, 0.15) is 40.0 Å². The molecule has 3 heterocycles. The first-order valence-electron chi connectivity index (χ1n) is 13.6. The monoisotopic (exact) mass is 540 g/mol. The van der Waals surface area contributed by atoms with Crippen molar-refractivity contribution in [1.82, 2.24) is 4.90 Å². The molecule has 9 heteroatoms. The summed E-state index contributed by atoms with van der Waals surface area (Å²) in [5.41, 5.74) is -1.57. The molecule has 7 atom stereocenters. The maximum Gasteiger partial charge on any atom is 0.313 e. The number of ether oxygens (including phenoxy) is 3. The minimum Gasteiger partial charge on any atom is -0.497 e. The normalized spacial score (nSPS) is 30.4. The summed E-state index contributed by atoms with van der Waals surface area (Å²) in [6.07, 6.45) is 4.72. The molecular formula is C30H40N2O7. The Morgan fingerprint density at radius 1 is 1.26 bits per heavy atom. The third kappa shape index (κ3) is 4.55. The smallest absolute Gasteiger partial charge is 0.313 e. The average Bonchev–Trinajstić information content (AvgIpc) is 3.51. The highest BCUT2D eigenvalue weighted by Crippen LogP contribution is 2.64. The summed E-state index contributed by atoms with van der Waals surface area (Å²) in [5.74, 6) is -2.47. The summed E-state index contributed by atoms with van der Waals surface area (Å²) in [7, 11) is 1.57. The fourth-order valence-corrected chi connectivity index (χ4v) is 6.76. The van der Waals surface area contributed by atoms with Gasteiger partial charge in [-0.05, 0) is 49.9 Å². The number of nitrogens with zero attached hydrogens (tertiary/aromatic N) is 2. The Morgan fingerprint density at radius 3 is 2.51 bits per heavy atom. The molecule has 3 saturated heterocycles. The lowest BCUT2D eigenvalue weighted by Crippen LogP contribution is -2.60. The molecule has 1 N–H and O–H groups in total. The number of amides is 2. The SMILES string of the molecule is C=CCOC(=O)[C@H]1[C@H]2C(=O)N([C@@H](CO)[C@@H](C)CC)C(C(=O)N(CC=C)c3ccc(OC)cc3)C23CC[C@]1(C)O3. The first kappa shape index (κ1) is 28.8. The fourth-order valence-electron chi connectivity index (χ4n) is 6.76. The molecule has 0 aromatic heterocycles. The molecule has 4 rings (SSSR count). The predicted molar refractivity (Wildman–Crippen MR) is 146 cm³/mol. The van der Waals surface area contributed by atoms with Crippen molar-refractivity contribution in [1.29, 1.82) is 0 Å². The summed E-state index contributed by atoms with van der Waals surface area (Å²) in [5, 5.41) is 10.5. The molecule has 2 bridgehead atoms. The summed E-state index contributed by atoms with van der Waals surface area (Å²) < 4.78 is 17.4. The number of esters is 1. The van der Waals surface area contributed by atoms with Crippen molar-refractivity contribution < 1.29 is 33.7 Å². The van der Waals surface area contributed by atoms with E-state index in [0.717, 1.165) is 0 Å². The Balaban J connectivity index is 1.84. The van der Waals surface area contributed by atoms with Gasteiger partial charge < -0.3 is 29.1 Å². The van der Waals surface area contributed by atoms with Crippen LogP contribution >= 0.6 is 0 Å². The summed E-state index contributed by atoms with van der Waals surface area (Å²) in [4.78, 5) is 45.4. The van der Waals surface area contributed by atoms with E-state index >= 15 is 0 Å². The number of anilines is 1. The second-order valence-electron chi connectivity index (χ2n) is 11.0. The highest BCUT2D eigenvalue weighted by Gasteiger charge is 2.79. The number of aliphatic hydroxyl groups excluding tert-OH is 1. The zero-order valence-corrected chi connectivity index (χ0v) is 23.3. The van der Waals surface area contributed by atoms with E-state index in [1.54, 1.807) is 42.4 Å². The Labute approximate surface area is 230 Å². The van der Waals surface area contributed by atoms with Gasteiger partial charge in [0.15, 0.2) is 0 Å². The number of fused-ring (bicyclic) bond motifs is 1. The number of benzene rings is 1. The van der Waals surface area contributed by atoms with Gasteiger partial charge >= 0.3 is 5.97 Å². The van der Waals surface area contributed by atoms with Crippen LogP contribution in [0.4, 0.5) is 5.69 Å². The number of carbonyl (C=O) groups is 3. The van der Waals surface area contributed by atoms with E-state index in [4.69, 9.17) is 14.2 Å². The molecule has 3 fully saturated rings. The second-order valence-corrected chi connectivity index (χ2v) is 11.0. The van der Waals surface area contributed by atoms with Crippen LogP contribution < -0.4 is 9.64 Å². The van der Waals surface area contributed by atoms with E-state index in [1.807, 2.05) is 20.8 Å². The molecule has 1 aromatic rings. The van der Waals surface area contributed by atoms with E-state index in [9.17, 15) is 19.5 Å². The van der Waals surface area contributed by atoms with E-state index in [1.165, 1.54) is 11.0 Å².